The highest BCUT2D eigenvalue weighted by Gasteiger charge is 2.32. The minimum atomic E-state index is -0.620. The van der Waals surface area contributed by atoms with Crippen LogP contribution in [0.15, 0.2) is 33.2 Å². The van der Waals surface area contributed by atoms with Crippen molar-refractivity contribution in [3.8, 4) is 12.1 Å². The molecule has 0 spiro atoms. The molecule has 1 aliphatic rings. The van der Waals surface area contributed by atoms with Gasteiger partial charge in [0.05, 0.1) is 11.6 Å². The van der Waals surface area contributed by atoms with Gasteiger partial charge in [-0.3, -0.25) is 4.79 Å². The van der Waals surface area contributed by atoms with Crippen LogP contribution >= 0.6 is 11.6 Å². The van der Waals surface area contributed by atoms with Gasteiger partial charge in [0.15, 0.2) is 6.23 Å². The minimum absolute atomic E-state index is 0.0115. The van der Waals surface area contributed by atoms with Crippen molar-refractivity contribution < 1.29 is 4.74 Å². The standard InChI is InChI=1S/C24H31ClN4O2/c1-8-17-9-18(11-26)29(16(6)7)24(22(17)25)31-13-19-10-20(14(2)3)21(12-27)23(30)28(19)15(4)5/h9-10,14-16,24H,8,13H2,1-7H3. The van der Waals surface area contributed by atoms with Gasteiger partial charge in [-0.25, -0.2) is 0 Å². The van der Waals surface area contributed by atoms with Crippen LogP contribution in [0.5, 0.6) is 0 Å². The van der Waals surface area contributed by atoms with Gasteiger partial charge in [0.25, 0.3) is 5.56 Å². The van der Waals surface area contributed by atoms with Crippen LogP contribution in [0, 0.1) is 22.7 Å². The van der Waals surface area contributed by atoms with E-state index in [9.17, 15) is 15.3 Å². The fourth-order valence-corrected chi connectivity index (χ4v) is 4.24. The maximum Gasteiger partial charge on any atom is 0.269 e. The molecule has 0 bridgehead atoms. The second kappa shape index (κ2) is 10.2. The summed E-state index contributed by atoms with van der Waals surface area (Å²) in [5.41, 5.74) is 2.63. The first-order valence-corrected chi connectivity index (χ1v) is 11.0. The van der Waals surface area contributed by atoms with Crippen molar-refractivity contribution >= 4 is 11.6 Å². The predicted molar refractivity (Wildman–Crippen MR) is 122 cm³/mol. The highest BCUT2D eigenvalue weighted by atomic mass is 35.5. The highest BCUT2D eigenvalue weighted by molar-refractivity contribution is 6.30. The third-order valence-electron chi connectivity index (χ3n) is 5.41. The van der Waals surface area contributed by atoms with E-state index in [1.807, 2.05) is 65.5 Å². The zero-order valence-corrected chi connectivity index (χ0v) is 20.1. The van der Waals surface area contributed by atoms with E-state index in [0.29, 0.717) is 28.4 Å². The van der Waals surface area contributed by atoms with Crippen LogP contribution in [-0.2, 0) is 11.3 Å². The lowest BCUT2D eigenvalue weighted by atomic mass is 9.98. The summed E-state index contributed by atoms with van der Waals surface area (Å²) in [4.78, 5) is 14.9. The molecule has 166 valence electrons. The maximum atomic E-state index is 13.1. The van der Waals surface area contributed by atoms with E-state index in [4.69, 9.17) is 16.3 Å². The Morgan fingerprint density at radius 1 is 1.13 bits per heavy atom. The average Bonchev–Trinajstić information content (AvgIpc) is 2.71. The second-order valence-electron chi connectivity index (χ2n) is 8.53. The molecule has 1 atom stereocenters. The van der Waals surface area contributed by atoms with E-state index in [2.05, 4.69) is 12.1 Å². The summed E-state index contributed by atoms with van der Waals surface area (Å²) in [5, 5.41) is 19.8. The van der Waals surface area contributed by atoms with Crippen LogP contribution in [0.25, 0.3) is 0 Å². The van der Waals surface area contributed by atoms with Gasteiger partial charge >= 0.3 is 0 Å². The first-order valence-electron chi connectivity index (χ1n) is 10.7. The van der Waals surface area contributed by atoms with Gasteiger partial charge < -0.3 is 14.2 Å². The Kier molecular flexibility index (Phi) is 8.12. The van der Waals surface area contributed by atoms with Gasteiger partial charge in [0.2, 0.25) is 0 Å². The van der Waals surface area contributed by atoms with Crippen LogP contribution in [-0.4, -0.2) is 21.7 Å². The van der Waals surface area contributed by atoms with Crippen LogP contribution in [0.3, 0.4) is 0 Å². The van der Waals surface area contributed by atoms with E-state index in [0.717, 1.165) is 5.57 Å². The third-order valence-corrected chi connectivity index (χ3v) is 5.84. The Balaban J connectivity index is 2.55. The number of allylic oxidation sites excluding steroid dienone is 3. The lowest BCUT2D eigenvalue weighted by molar-refractivity contribution is -0.0387. The SMILES string of the molecule is CCC1=C(Cl)C(OCc2cc(C(C)C)c(C#N)c(=O)n2C(C)C)N(C(C)C)C(C#N)=C1. The molecule has 7 heteroatoms. The molecule has 0 saturated carbocycles. The molecule has 0 fully saturated rings. The summed E-state index contributed by atoms with van der Waals surface area (Å²) in [6.45, 7) is 13.8. The third kappa shape index (κ3) is 4.87. The molecular formula is C24H31ClN4O2. The summed E-state index contributed by atoms with van der Waals surface area (Å²) in [6.07, 6.45) is 1.87. The molecule has 0 aromatic carbocycles. The summed E-state index contributed by atoms with van der Waals surface area (Å²) < 4.78 is 7.88. The number of nitriles is 2. The van der Waals surface area contributed by atoms with E-state index in [1.54, 1.807) is 4.57 Å². The number of aromatic nitrogens is 1. The van der Waals surface area contributed by atoms with Crippen molar-refractivity contribution in [2.45, 2.75) is 85.7 Å². The minimum Gasteiger partial charge on any atom is -0.347 e. The van der Waals surface area contributed by atoms with Crippen molar-refractivity contribution in [1.29, 1.82) is 10.5 Å². The first kappa shape index (κ1) is 24.7. The van der Waals surface area contributed by atoms with Gasteiger partial charge in [-0.05, 0) is 63.3 Å². The first-order chi connectivity index (χ1) is 14.6. The molecule has 0 amide bonds. The molecule has 31 heavy (non-hydrogen) atoms. The van der Waals surface area contributed by atoms with Gasteiger partial charge in [0.1, 0.15) is 23.4 Å². The molecule has 6 nitrogen and oxygen atoms in total. The zero-order chi connectivity index (χ0) is 23.5. The summed E-state index contributed by atoms with van der Waals surface area (Å²) in [6, 6.07) is 6.05. The summed E-state index contributed by atoms with van der Waals surface area (Å²) in [5.74, 6) is 0.0214. The number of nitrogens with zero attached hydrogens (tertiary/aromatic N) is 4. The van der Waals surface area contributed by atoms with Crippen molar-refractivity contribution in [2.75, 3.05) is 0 Å². The highest BCUT2D eigenvalue weighted by Crippen LogP contribution is 2.33. The normalized spacial score (nSPS) is 16.7. The summed E-state index contributed by atoms with van der Waals surface area (Å²) in [7, 11) is 0. The van der Waals surface area contributed by atoms with Gasteiger partial charge in [-0.2, -0.15) is 10.5 Å². The van der Waals surface area contributed by atoms with Crippen LogP contribution in [0.1, 0.15) is 83.7 Å². The van der Waals surface area contributed by atoms with E-state index in [1.165, 1.54) is 0 Å². The van der Waals surface area contributed by atoms with Crippen molar-refractivity contribution in [3.05, 3.63) is 55.6 Å². The topological polar surface area (TPSA) is 82.0 Å². The molecule has 1 unspecified atom stereocenters. The number of halogens is 1. The van der Waals surface area contributed by atoms with Gasteiger partial charge in [0, 0.05) is 17.8 Å². The fourth-order valence-electron chi connectivity index (χ4n) is 3.88. The van der Waals surface area contributed by atoms with E-state index < -0.39 is 6.23 Å². The lowest BCUT2D eigenvalue weighted by Gasteiger charge is -2.39. The zero-order valence-electron chi connectivity index (χ0n) is 19.4. The molecule has 0 saturated heterocycles. The number of hydrogen-bond acceptors (Lipinski definition) is 5. The van der Waals surface area contributed by atoms with Crippen molar-refractivity contribution in [2.24, 2.45) is 0 Å². The largest absolute Gasteiger partial charge is 0.347 e. The van der Waals surface area contributed by atoms with E-state index in [-0.39, 0.29) is 35.7 Å². The smallest absolute Gasteiger partial charge is 0.269 e. The Labute approximate surface area is 190 Å². The van der Waals surface area contributed by atoms with Crippen molar-refractivity contribution in [3.63, 3.8) is 0 Å². The maximum absolute atomic E-state index is 13.1. The molecule has 0 aliphatic carbocycles. The van der Waals surface area contributed by atoms with Gasteiger partial charge in [-0.1, -0.05) is 32.4 Å². The molecule has 0 radical (unpaired) electrons. The van der Waals surface area contributed by atoms with E-state index >= 15 is 0 Å². The Morgan fingerprint density at radius 2 is 1.77 bits per heavy atom. The predicted octanol–water partition coefficient (Wildman–Crippen LogP) is 5.30. The summed E-state index contributed by atoms with van der Waals surface area (Å²) >= 11 is 6.69. The molecule has 1 aromatic heterocycles. The van der Waals surface area contributed by atoms with Crippen LogP contribution in [0.4, 0.5) is 0 Å². The molecule has 2 heterocycles. The number of pyridine rings is 1. The number of rotatable bonds is 7. The molecule has 1 aliphatic heterocycles. The fraction of sp³-hybridized carbons (Fsp3) is 0.542. The Bertz CT molecular complexity index is 1040. The number of ether oxygens (including phenoxy) is 1. The molecular weight excluding hydrogens is 412 g/mol. The average molecular weight is 443 g/mol. The molecule has 2 rings (SSSR count). The monoisotopic (exact) mass is 442 g/mol. The second-order valence-corrected chi connectivity index (χ2v) is 8.94. The van der Waals surface area contributed by atoms with Gasteiger partial charge in [-0.15, -0.1) is 0 Å². The Morgan fingerprint density at radius 3 is 2.23 bits per heavy atom. The van der Waals surface area contributed by atoms with Crippen LogP contribution in [0.2, 0.25) is 0 Å². The lowest BCUT2D eigenvalue weighted by Crippen LogP contribution is -2.44. The van der Waals surface area contributed by atoms with Crippen LogP contribution < -0.4 is 5.56 Å². The number of hydrogen-bond donors (Lipinski definition) is 0. The quantitative estimate of drug-likeness (QED) is 0.572. The van der Waals surface area contributed by atoms with Crippen molar-refractivity contribution in [1.82, 2.24) is 9.47 Å². The molecule has 0 N–H and O–H groups in total. The Hall–Kier alpha value is -2.54. The molecule has 1 aromatic rings.